The number of furan rings is 1. The molecule has 1 atom stereocenters. The second-order valence-corrected chi connectivity index (χ2v) is 6.58. The third-order valence-corrected chi connectivity index (χ3v) is 4.15. The quantitative estimate of drug-likeness (QED) is 0.835. The molecule has 2 aromatic rings. The zero-order valence-corrected chi connectivity index (χ0v) is 15.2. The molecule has 0 radical (unpaired) electrons. The van der Waals surface area contributed by atoms with Crippen molar-refractivity contribution in [1.82, 2.24) is 15.1 Å². The van der Waals surface area contributed by atoms with Gasteiger partial charge in [-0.15, -0.1) is 0 Å². The van der Waals surface area contributed by atoms with Crippen molar-refractivity contribution in [1.29, 1.82) is 0 Å². The van der Waals surface area contributed by atoms with Gasteiger partial charge in [-0.3, -0.25) is 4.90 Å². The molecule has 0 bridgehead atoms. The maximum Gasteiger partial charge on any atom is 0.317 e. The standard InChI is InChI=1S/C17H22BrN3O2/c1-20(2)15(16-5-4-10-23-16)11-19-17(22)21(3)12-13-6-8-14(18)9-7-13/h4-10,15H,11-12H2,1-3H3,(H,19,22). The molecule has 2 rings (SSSR count). The average Bonchev–Trinajstić information content (AvgIpc) is 3.03. The lowest BCUT2D eigenvalue weighted by Crippen LogP contribution is -2.41. The molecule has 6 heteroatoms. The van der Waals surface area contributed by atoms with Gasteiger partial charge in [0.1, 0.15) is 5.76 Å². The van der Waals surface area contributed by atoms with Crippen molar-refractivity contribution in [3.05, 3.63) is 58.5 Å². The van der Waals surface area contributed by atoms with Gasteiger partial charge in [0.25, 0.3) is 0 Å². The molecule has 0 saturated carbocycles. The van der Waals surface area contributed by atoms with Crippen LogP contribution in [0.1, 0.15) is 17.4 Å². The Bertz CT molecular complexity index is 611. The Balaban J connectivity index is 1.88. The fraction of sp³-hybridized carbons (Fsp3) is 0.353. The van der Waals surface area contributed by atoms with Crippen LogP contribution in [-0.4, -0.2) is 43.5 Å². The number of hydrogen-bond acceptors (Lipinski definition) is 3. The Morgan fingerprint density at radius 1 is 1.22 bits per heavy atom. The van der Waals surface area contributed by atoms with Crippen molar-refractivity contribution in [3.63, 3.8) is 0 Å². The summed E-state index contributed by atoms with van der Waals surface area (Å²) < 4.78 is 6.47. The number of rotatable bonds is 6. The second kappa shape index (κ2) is 8.17. The Morgan fingerprint density at radius 2 is 1.91 bits per heavy atom. The molecule has 0 saturated heterocycles. The van der Waals surface area contributed by atoms with Crippen molar-refractivity contribution >= 4 is 22.0 Å². The van der Waals surface area contributed by atoms with E-state index in [-0.39, 0.29) is 12.1 Å². The molecule has 0 aliphatic rings. The summed E-state index contributed by atoms with van der Waals surface area (Å²) in [5.74, 6) is 0.839. The van der Waals surface area contributed by atoms with Crippen LogP contribution in [0, 0.1) is 0 Å². The van der Waals surface area contributed by atoms with E-state index in [1.807, 2.05) is 55.4 Å². The van der Waals surface area contributed by atoms with Crippen molar-refractivity contribution in [3.8, 4) is 0 Å². The molecular weight excluding hydrogens is 358 g/mol. The number of benzene rings is 1. The first-order valence-electron chi connectivity index (χ1n) is 7.40. The number of carbonyl (C=O) groups is 1. The number of likely N-dealkylation sites (N-methyl/N-ethyl adjacent to an activating group) is 1. The number of urea groups is 1. The van der Waals surface area contributed by atoms with E-state index >= 15 is 0 Å². The van der Waals surface area contributed by atoms with Crippen LogP contribution in [0.5, 0.6) is 0 Å². The molecule has 0 fully saturated rings. The maximum atomic E-state index is 12.3. The summed E-state index contributed by atoms with van der Waals surface area (Å²) in [6, 6.07) is 11.6. The van der Waals surface area contributed by atoms with Crippen LogP contribution >= 0.6 is 15.9 Å². The van der Waals surface area contributed by atoms with E-state index in [4.69, 9.17) is 4.42 Å². The highest BCUT2D eigenvalue weighted by atomic mass is 79.9. The van der Waals surface area contributed by atoms with Gasteiger partial charge in [-0.2, -0.15) is 0 Å². The van der Waals surface area contributed by atoms with Crippen LogP contribution < -0.4 is 5.32 Å². The number of hydrogen-bond donors (Lipinski definition) is 1. The molecule has 2 amide bonds. The molecule has 1 heterocycles. The topological polar surface area (TPSA) is 48.7 Å². The fourth-order valence-electron chi connectivity index (χ4n) is 2.27. The first kappa shape index (κ1) is 17.6. The molecule has 0 aliphatic heterocycles. The Kier molecular flexibility index (Phi) is 6.24. The van der Waals surface area contributed by atoms with Crippen molar-refractivity contribution < 1.29 is 9.21 Å². The van der Waals surface area contributed by atoms with Gasteiger partial charge in [-0.25, -0.2) is 4.79 Å². The Hall–Kier alpha value is -1.79. The zero-order valence-electron chi connectivity index (χ0n) is 13.6. The largest absolute Gasteiger partial charge is 0.468 e. The Labute approximate surface area is 145 Å². The van der Waals surface area contributed by atoms with Crippen LogP contribution in [0.3, 0.4) is 0 Å². The van der Waals surface area contributed by atoms with Gasteiger partial charge in [-0.05, 0) is 43.9 Å². The molecular formula is C17H22BrN3O2. The normalized spacial score (nSPS) is 12.2. The average molecular weight is 380 g/mol. The molecule has 124 valence electrons. The lowest BCUT2D eigenvalue weighted by molar-refractivity contribution is 0.197. The van der Waals surface area contributed by atoms with Crippen LogP contribution in [0.25, 0.3) is 0 Å². The summed E-state index contributed by atoms with van der Waals surface area (Å²) in [6.07, 6.45) is 1.65. The number of nitrogens with zero attached hydrogens (tertiary/aromatic N) is 2. The van der Waals surface area contributed by atoms with Gasteiger partial charge < -0.3 is 14.6 Å². The van der Waals surface area contributed by atoms with Crippen LogP contribution in [-0.2, 0) is 6.54 Å². The fourth-order valence-corrected chi connectivity index (χ4v) is 2.54. The summed E-state index contributed by atoms with van der Waals surface area (Å²) >= 11 is 3.41. The number of nitrogens with one attached hydrogen (secondary N) is 1. The van der Waals surface area contributed by atoms with E-state index < -0.39 is 0 Å². The van der Waals surface area contributed by atoms with Gasteiger partial charge in [0, 0.05) is 24.6 Å². The highest BCUT2D eigenvalue weighted by Crippen LogP contribution is 2.17. The predicted octanol–water partition coefficient (Wildman–Crippen LogP) is 3.49. The minimum Gasteiger partial charge on any atom is -0.468 e. The first-order valence-corrected chi connectivity index (χ1v) is 8.20. The monoisotopic (exact) mass is 379 g/mol. The molecule has 0 aliphatic carbocycles. The smallest absolute Gasteiger partial charge is 0.317 e. The highest BCUT2D eigenvalue weighted by Gasteiger charge is 2.19. The molecule has 1 unspecified atom stereocenters. The molecule has 1 aromatic carbocycles. The van der Waals surface area contributed by atoms with Gasteiger partial charge in [0.15, 0.2) is 0 Å². The first-order chi connectivity index (χ1) is 11.0. The zero-order chi connectivity index (χ0) is 16.8. The van der Waals surface area contributed by atoms with Gasteiger partial charge in [0.2, 0.25) is 0 Å². The minimum atomic E-state index is -0.105. The summed E-state index contributed by atoms with van der Waals surface area (Å²) in [4.78, 5) is 16.0. The third kappa shape index (κ3) is 5.11. The molecule has 23 heavy (non-hydrogen) atoms. The number of carbonyl (C=O) groups excluding carboxylic acids is 1. The van der Waals surface area contributed by atoms with Gasteiger partial charge >= 0.3 is 6.03 Å². The molecule has 1 N–H and O–H groups in total. The van der Waals surface area contributed by atoms with Crippen LogP contribution in [0.2, 0.25) is 0 Å². The number of halogens is 1. The molecule has 0 spiro atoms. The minimum absolute atomic E-state index is 0.00929. The lowest BCUT2D eigenvalue weighted by atomic mass is 10.2. The van der Waals surface area contributed by atoms with Gasteiger partial charge in [-0.1, -0.05) is 28.1 Å². The predicted molar refractivity (Wildman–Crippen MR) is 94.1 cm³/mol. The van der Waals surface area contributed by atoms with E-state index in [1.165, 1.54) is 0 Å². The summed E-state index contributed by atoms with van der Waals surface area (Å²) in [5, 5.41) is 2.96. The summed E-state index contributed by atoms with van der Waals surface area (Å²) in [5.41, 5.74) is 1.08. The van der Waals surface area contributed by atoms with Crippen molar-refractivity contribution in [2.75, 3.05) is 27.7 Å². The van der Waals surface area contributed by atoms with Crippen molar-refractivity contribution in [2.24, 2.45) is 0 Å². The highest BCUT2D eigenvalue weighted by molar-refractivity contribution is 9.10. The van der Waals surface area contributed by atoms with E-state index in [0.717, 1.165) is 15.8 Å². The molecule has 5 nitrogen and oxygen atoms in total. The lowest BCUT2D eigenvalue weighted by Gasteiger charge is -2.24. The third-order valence-electron chi connectivity index (χ3n) is 3.62. The number of amides is 2. The van der Waals surface area contributed by atoms with Gasteiger partial charge in [0.05, 0.1) is 12.3 Å². The summed E-state index contributed by atoms with van der Waals surface area (Å²) in [6.45, 7) is 1.05. The summed E-state index contributed by atoms with van der Waals surface area (Å²) in [7, 11) is 5.71. The van der Waals surface area contributed by atoms with E-state index in [9.17, 15) is 4.79 Å². The van der Waals surface area contributed by atoms with Crippen molar-refractivity contribution in [2.45, 2.75) is 12.6 Å². The maximum absolute atomic E-state index is 12.3. The van der Waals surface area contributed by atoms with Crippen LogP contribution in [0.15, 0.2) is 51.6 Å². The van der Waals surface area contributed by atoms with Crippen LogP contribution in [0.4, 0.5) is 4.79 Å². The second-order valence-electron chi connectivity index (χ2n) is 5.66. The SMILES string of the molecule is CN(Cc1ccc(Br)cc1)C(=O)NCC(c1ccco1)N(C)C. The van der Waals surface area contributed by atoms with E-state index in [0.29, 0.717) is 13.1 Å². The van der Waals surface area contributed by atoms with E-state index in [2.05, 4.69) is 21.2 Å². The Morgan fingerprint density at radius 3 is 2.48 bits per heavy atom. The molecule has 1 aromatic heterocycles. The van der Waals surface area contributed by atoms with E-state index in [1.54, 1.807) is 18.2 Å².